The van der Waals surface area contributed by atoms with Crippen molar-refractivity contribution in [1.29, 1.82) is 0 Å². The van der Waals surface area contributed by atoms with Crippen LogP contribution < -0.4 is 11.1 Å². The van der Waals surface area contributed by atoms with Gasteiger partial charge >= 0.3 is 6.18 Å². The minimum Gasteiger partial charge on any atom is -0.350 e. The fourth-order valence-electron chi connectivity index (χ4n) is 0.644. The molecule has 0 spiro atoms. The van der Waals surface area contributed by atoms with Gasteiger partial charge in [0.25, 0.3) is 5.92 Å². The summed E-state index contributed by atoms with van der Waals surface area (Å²) in [6.45, 7) is -2.01. The molecule has 8 heteroatoms. The van der Waals surface area contributed by atoms with E-state index in [1.165, 1.54) is 0 Å². The van der Waals surface area contributed by atoms with Crippen LogP contribution in [0.25, 0.3) is 0 Å². The highest BCUT2D eigenvalue weighted by Crippen LogP contribution is 2.21. The lowest BCUT2D eigenvalue weighted by molar-refractivity contribution is -0.144. The van der Waals surface area contributed by atoms with Crippen LogP contribution in [-0.4, -0.2) is 31.1 Å². The van der Waals surface area contributed by atoms with E-state index in [-0.39, 0.29) is 0 Å². The van der Waals surface area contributed by atoms with Gasteiger partial charge in [-0.15, -0.1) is 0 Å². The first-order valence-corrected chi connectivity index (χ1v) is 4.08. The average molecular weight is 234 g/mol. The van der Waals surface area contributed by atoms with Gasteiger partial charge in [-0.2, -0.15) is 13.2 Å². The number of hydrogen-bond acceptors (Lipinski definition) is 2. The second-order valence-corrected chi connectivity index (χ2v) is 2.95. The van der Waals surface area contributed by atoms with Crippen LogP contribution in [0.3, 0.4) is 0 Å². The van der Waals surface area contributed by atoms with Crippen molar-refractivity contribution >= 4 is 5.91 Å². The van der Waals surface area contributed by atoms with E-state index in [0.717, 1.165) is 0 Å². The van der Waals surface area contributed by atoms with Gasteiger partial charge in [0.05, 0.1) is 19.5 Å². The van der Waals surface area contributed by atoms with E-state index in [1.54, 1.807) is 5.32 Å². The van der Waals surface area contributed by atoms with E-state index in [4.69, 9.17) is 0 Å². The Hall–Kier alpha value is -0.920. The fourth-order valence-corrected chi connectivity index (χ4v) is 0.644. The normalized spacial score (nSPS) is 12.7. The molecule has 3 N–H and O–H groups in total. The van der Waals surface area contributed by atoms with Crippen LogP contribution in [0.4, 0.5) is 22.0 Å². The third-order valence-corrected chi connectivity index (χ3v) is 1.48. The third kappa shape index (κ3) is 8.10. The van der Waals surface area contributed by atoms with Gasteiger partial charge in [0.1, 0.15) is 0 Å². The van der Waals surface area contributed by atoms with Gasteiger partial charge in [-0.25, -0.2) is 8.78 Å². The second kappa shape index (κ2) is 5.24. The van der Waals surface area contributed by atoms with Crippen molar-refractivity contribution in [2.75, 3.05) is 13.1 Å². The van der Waals surface area contributed by atoms with Gasteiger partial charge in [0, 0.05) is 6.42 Å². The molecule has 0 aliphatic rings. The summed E-state index contributed by atoms with van der Waals surface area (Å²) >= 11 is 0. The molecule has 0 saturated heterocycles. The molecule has 90 valence electrons. The maximum absolute atomic E-state index is 12.4. The molecule has 0 aromatic carbocycles. The lowest BCUT2D eigenvalue weighted by atomic mass is 10.2. The monoisotopic (exact) mass is 234 g/mol. The van der Waals surface area contributed by atoms with Crippen molar-refractivity contribution in [2.24, 2.45) is 5.73 Å². The van der Waals surface area contributed by atoms with E-state index in [9.17, 15) is 26.7 Å². The van der Waals surface area contributed by atoms with Gasteiger partial charge in [-0.05, 0) is 0 Å². The van der Waals surface area contributed by atoms with Crippen molar-refractivity contribution in [3.63, 3.8) is 0 Å². The molecule has 0 aromatic rings. The Morgan fingerprint density at radius 2 is 1.73 bits per heavy atom. The summed E-state index contributed by atoms with van der Waals surface area (Å²) in [6.07, 6.45) is -6.65. The highest BCUT2D eigenvalue weighted by Gasteiger charge is 2.30. The molecular formula is C7H11F5N2O. The topological polar surface area (TPSA) is 55.1 Å². The van der Waals surface area contributed by atoms with Crippen LogP contribution in [-0.2, 0) is 4.79 Å². The summed E-state index contributed by atoms with van der Waals surface area (Å²) in [5.41, 5.74) is 4.65. The zero-order chi connectivity index (χ0) is 12.1. The minimum absolute atomic E-state index is 0.857. The Morgan fingerprint density at radius 3 is 2.13 bits per heavy atom. The van der Waals surface area contributed by atoms with E-state index in [0.29, 0.717) is 0 Å². The molecule has 0 unspecified atom stereocenters. The molecule has 15 heavy (non-hydrogen) atoms. The average Bonchev–Trinajstić information content (AvgIpc) is 2.10. The van der Waals surface area contributed by atoms with Crippen LogP contribution in [0.1, 0.15) is 12.8 Å². The summed E-state index contributed by atoms with van der Waals surface area (Å²) in [6, 6.07) is 0. The molecule has 0 rings (SSSR count). The van der Waals surface area contributed by atoms with Crippen molar-refractivity contribution < 1.29 is 26.7 Å². The third-order valence-electron chi connectivity index (χ3n) is 1.48. The van der Waals surface area contributed by atoms with E-state index in [1.807, 2.05) is 0 Å². The number of nitrogens with one attached hydrogen (secondary N) is 1. The van der Waals surface area contributed by atoms with E-state index in [2.05, 4.69) is 5.73 Å². The lowest BCUT2D eigenvalue weighted by Gasteiger charge is -2.14. The van der Waals surface area contributed by atoms with Crippen molar-refractivity contribution in [3.8, 4) is 0 Å². The summed E-state index contributed by atoms with van der Waals surface area (Å²) in [7, 11) is 0. The first-order valence-electron chi connectivity index (χ1n) is 4.08. The SMILES string of the molecule is NCC(F)(F)CNC(=O)CCC(F)(F)F. The van der Waals surface area contributed by atoms with Crippen molar-refractivity contribution in [3.05, 3.63) is 0 Å². The Labute approximate surface area is 82.8 Å². The highest BCUT2D eigenvalue weighted by molar-refractivity contribution is 5.75. The zero-order valence-corrected chi connectivity index (χ0v) is 7.70. The fraction of sp³-hybridized carbons (Fsp3) is 0.857. The number of halogens is 5. The number of nitrogens with two attached hydrogens (primary N) is 1. The van der Waals surface area contributed by atoms with Crippen molar-refractivity contribution in [2.45, 2.75) is 24.9 Å². The number of amides is 1. The number of rotatable bonds is 5. The second-order valence-electron chi connectivity index (χ2n) is 2.95. The Bertz CT molecular complexity index is 216. The summed E-state index contributed by atoms with van der Waals surface area (Å²) < 4.78 is 59.7. The molecule has 0 saturated carbocycles. The smallest absolute Gasteiger partial charge is 0.350 e. The molecule has 0 aliphatic carbocycles. The summed E-state index contributed by atoms with van der Waals surface area (Å²) in [4.78, 5) is 10.7. The maximum atomic E-state index is 12.4. The minimum atomic E-state index is -4.46. The number of carbonyl (C=O) groups is 1. The quantitative estimate of drug-likeness (QED) is 0.698. The predicted molar refractivity (Wildman–Crippen MR) is 42.3 cm³/mol. The molecule has 0 bridgehead atoms. The van der Waals surface area contributed by atoms with Gasteiger partial charge in [0.15, 0.2) is 0 Å². The zero-order valence-electron chi connectivity index (χ0n) is 7.70. The van der Waals surface area contributed by atoms with Gasteiger partial charge in [0.2, 0.25) is 5.91 Å². The van der Waals surface area contributed by atoms with Crippen LogP contribution in [0.2, 0.25) is 0 Å². The standard InChI is InChI=1S/C7H11F5N2O/c8-6(9,3-13)4-14-5(15)1-2-7(10,11)12/h1-4,13H2,(H,14,15). The lowest BCUT2D eigenvalue weighted by Crippen LogP contribution is -2.41. The largest absolute Gasteiger partial charge is 0.389 e. The molecular weight excluding hydrogens is 223 g/mol. The molecule has 0 fully saturated rings. The van der Waals surface area contributed by atoms with Crippen LogP contribution in [0, 0.1) is 0 Å². The highest BCUT2D eigenvalue weighted by atomic mass is 19.4. The molecule has 3 nitrogen and oxygen atoms in total. The Balaban J connectivity index is 3.77. The van der Waals surface area contributed by atoms with Gasteiger partial charge < -0.3 is 11.1 Å². The van der Waals surface area contributed by atoms with Crippen LogP contribution in [0.15, 0.2) is 0 Å². The molecule has 0 atom stereocenters. The van der Waals surface area contributed by atoms with Gasteiger partial charge in [-0.3, -0.25) is 4.79 Å². The van der Waals surface area contributed by atoms with E-state index >= 15 is 0 Å². The van der Waals surface area contributed by atoms with Crippen LogP contribution >= 0.6 is 0 Å². The number of alkyl halides is 5. The summed E-state index contributed by atoms with van der Waals surface area (Å²) in [5.74, 6) is -4.35. The maximum Gasteiger partial charge on any atom is 0.389 e. The Kier molecular flexibility index (Phi) is 4.92. The predicted octanol–water partition coefficient (Wildman–Crippen LogP) is 1.04. The molecule has 0 aromatic heterocycles. The molecule has 0 heterocycles. The number of hydrogen-bond donors (Lipinski definition) is 2. The van der Waals surface area contributed by atoms with E-state index < -0.39 is 43.9 Å². The molecule has 0 aliphatic heterocycles. The number of carbonyl (C=O) groups excluding carboxylic acids is 1. The van der Waals surface area contributed by atoms with Gasteiger partial charge in [-0.1, -0.05) is 0 Å². The Morgan fingerprint density at radius 1 is 1.20 bits per heavy atom. The summed E-state index contributed by atoms with van der Waals surface area (Å²) in [5, 5.41) is 1.68. The molecule has 0 radical (unpaired) electrons. The molecule has 1 amide bonds. The van der Waals surface area contributed by atoms with Crippen molar-refractivity contribution in [1.82, 2.24) is 5.32 Å². The van der Waals surface area contributed by atoms with Crippen LogP contribution in [0.5, 0.6) is 0 Å². The first-order chi connectivity index (χ1) is 6.66. The first kappa shape index (κ1) is 14.1.